The molecule has 3 rings (SSSR count). The van der Waals surface area contributed by atoms with Crippen LogP contribution in [0.2, 0.25) is 0 Å². The minimum Gasteiger partial charge on any atom is -0.465 e. The Kier molecular flexibility index (Phi) is 5.96. The molecule has 0 radical (unpaired) electrons. The van der Waals surface area contributed by atoms with Crippen molar-refractivity contribution in [3.63, 3.8) is 0 Å². The molecule has 0 spiro atoms. The summed E-state index contributed by atoms with van der Waals surface area (Å²) in [4.78, 5) is 26.6. The summed E-state index contributed by atoms with van der Waals surface area (Å²) in [6.45, 7) is 2.21. The van der Waals surface area contributed by atoms with Crippen LogP contribution in [0.1, 0.15) is 32.2 Å². The number of hydrogen-bond donors (Lipinski definition) is 0. The maximum atomic E-state index is 12.9. The Morgan fingerprint density at radius 2 is 1.88 bits per heavy atom. The van der Waals surface area contributed by atoms with Crippen LogP contribution in [-0.4, -0.2) is 81.3 Å². The molecule has 0 saturated carbocycles. The number of nitrogens with zero attached hydrogens (tertiary/aromatic N) is 2. The van der Waals surface area contributed by atoms with E-state index in [9.17, 15) is 18.0 Å². The third kappa shape index (κ3) is 3.93. The highest BCUT2D eigenvalue weighted by Crippen LogP contribution is 2.25. The molecule has 2 saturated heterocycles. The van der Waals surface area contributed by atoms with Gasteiger partial charge in [-0.1, -0.05) is 0 Å². The lowest BCUT2D eigenvalue weighted by Gasteiger charge is -2.36. The van der Waals surface area contributed by atoms with E-state index in [1.807, 2.05) is 0 Å². The summed E-state index contributed by atoms with van der Waals surface area (Å²) in [7, 11) is -2.17. The monoisotopic (exact) mass is 402 g/mol. The number of sulfonamides is 1. The van der Waals surface area contributed by atoms with Gasteiger partial charge in [0, 0.05) is 26.2 Å². The zero-order valence-electron chi connectivity index (χ0n) is 14.5. The maximum absolute atomic E-state index is 12.9. The summed E-state index contributed by atoms with van der Waals surface area (Å²) in [5, 5.41) is -0.599. The molecule has 0 unspecified atom stereocenters. The van der Waals surface area contributed by atoms with Gasteiger partial charge < -0.3 is 14.4 Å². The average Bonchev–Trinajstić information content (AvgIpc) is 3.17. The molecule has 1 atom stereocenters. The molecular formula is C16H22N2O6S2. The summed E-state index contributed by atoms with van der Waals surface area (Å²) >= 11 is 1.06. The Bertz CT molecular complexity index is 769. The van der Waals surface area contributed by atoms with Gasteiger partial charge in [-0.15, -0.1) is 11.3 Å². The largest absolute Gasteiger partial charge is 0.465 e. The van der Waals surface area contributed by atoms with Crippen molar-refractivity contribution < 1.29 is 27.5 Å². The molecule has 10 heteroatoms. The third-order valence-electron chi connectivity index (χ3n) is 4.62. The second kappa shape index (κ2) is 8.03. The van der Waals surface area contributed by atoms with Gasteiger partial charge in [-0.3, -0.25) is 4.79 Å². The lowest BCUT2D eigenvalue weighted by molar-refractivity contribution is 0.0606. The Morgan fingerprint density at radius 3 is 2.58 bits per heavy atom. The molecule has 1 aromatic heterocycles. The average molecular weight is 402 g/mol. The zero-order valence-corrected chi connectivity index (χ0v) is 16.2. The Morgan fingerprint density at radius 1 is 1.19 bits per heavy atom. The molecular weight excluding hydrogens is 380 g/mol. The molecule has 2 fully saturated rings. The van der Waals surface area contributed by atoms with Crippen molar-refractivity contribution >= 4 is 33.2 Å². The molecule has 0 aliphatic carbocycles. The van der Waals surface area contributed by atoms with Gasteiger partial charge in [0.15, 0.2) is 0 Å². The molecule has 3 heterocycles. The van der Waals surface area contributed by atoms with Crippen molar-refractivity contribution in [3.8, 4) is 0 Å². The van der Waals surface area contributed by atoms with Crippen LogP contribution in [0, 0.1) is 0 Å². The minimum absolute atomic E-state index is 0.171. The SMILES string of the molecule is COC(=O)c1ccc(C(=O)N2CCC[C@H](S(=O)(=O)N3CCOCC3)C2)s1. The fraction of sp³-hybridized carbons (Fsp3) is 0.625. The predicted molar refractivity (Wildman–Crippen MR) is 95.9 cm³/mol. The van der Waals surface area contributed by atoms with E-state index in [-0.39, 0.29) is 12.5 Å². The number of piperidine rings is 1. The second-order valence-corrected chi connectivity index (χ2v) is 9.52. The fourth-order valence-electron chi connectivity index (χ4n) is 3.20. The van der Waals surface area contributed by atoms with Crippen LogP contribution in [0.15, 0.2) is 12.1 Å². The lowest BCUT2D eigenvalue weighted by atomic mass is 10.1. The number of methoxy groups -OCH3 is 1. The normalized spacial score (nSPS) is 22.2. The first-order valence-corrected chi connectivity index (χ1v) is 10.8. The van der Waals surface area contributed by atoms with Crippen LogP contribution in [0.4, 0.5) is 0 Å². The summed E-state index contributed by atoms with van der Waals surface area (Å²) in [6, 6.07) is 3.13. The van der Waals surface area contributed by atoms with Crippen LogP contribution in [-0.2, 0) is 19.5 Å². The van der Waals surface area contributed by atoms with Gasteiger partial charge >= 0.3 is 5.97 Å². The number of likely N-dealkylation sites (tertiary alicyclic amines) is 1. The van der Waals surface area contributed by atoms with E-state index in [4.69, 9.17) is 4.74 Å². The Hall–Kier alpha value is -1.49. The van der Waals surface area contributed by atoms with Crippen LogP contribution < -0.4 is 0 Å². The number of morpholine rings is 1. The first-order valence-electron chi connectivity index (χ1n) is 8.47. The van der Waals surface area contributed by atoms with Gasteiger partial charge in [0.25, 0.3) is 5.91 Å². The number of ether oxygens (including phenoxy) is 2. The fourth-order valence-corrected chi connectivity index (χ4v) is 6.00. The second-order valence-electron chi connectivity index (χ2n) is 6.23. The highest BCUT2D eigenvalue weighted by atomic mass is 32.2. The van der Waals surface area contributed by atoms with Gasteiger partial charge in [-0.05, 0) is 25.0 Å². The molecule has 1 amide bonds. The number of esters is 1. The van der Waals surface area contributed by atoms with Gasteiger partial charge in [0.1, 0.15) is 4.88 Å². The molecule has 8 nitrogen and oxygen atoms in total. The van der Waals surface area contributed by atoms with E-state index in [0.29, 0.717) is 55.4 Å². The van der Waals surface area contributed by atoms with Gasteiger partial charge in [0.2, 0.25) is 10.0 Å². The van der Waals surface area contributed by atoms with Crippen LogP contribution in [0.3, 0.4) is 0 Å². The number of rotatable bonds is 4. The summed E-state index contributed by atoms with van der Waals surface area (Å²) in [5.41, 5.74) is 0. The first kappa shape index (κ1) is 19.3. The summed E-state index contributed by atoms with van der Waals surface area (Å²) in [5.74, 6) is -0.729. The van der Waals surface area contributed by atoms with E-state index in [1.165, 1.54) is 11.4 Å². The number of carbonyl (C=O) groups is 2. The summed E-state index contributed by atoms with van der Waals surface area (Å²) in [6.07, 6.45) is 1.18. The van der Waals surface area contributed by atoms with Crippen molar-refractivity contribution in [2.75, 3.05) is 46.5 Å². The van der Waals surface area contributed by atoms with Crippen molar-refractivity contribution in [2.45, 2.75) is 18.1 Å². The highest BCUT2D eigenvalue weighted by Gasteiger charge is 2.37. The summed E-state index contributed by atoms with van der Waals surface area (Å²) < 4.78 is 37.0. The zero-order chi connectivity index (χ0) is 18.7. The Labute approximate surface area is 156 Å². The van der Waals surface area contributed by atoms with Crippen molar-refractivity contribution in [2.24, 2.45) is 0 Å². The Balaban J connectivity index is 1.70. The van der Waals surface area contributed by atoms with Crippen LogP contribution >= 0.6 is 11.3 Å². The van der Waals surface area contributed by atoms with Crippen LogP contribution in [0.5, 0.6) is 0 Å². The maximum Gasteiger partial charge on any atom is 0.348 e. The van der Waals surface area contributed by atoms with E-state index in [1.54, 1.807) is 17.0 Å². The number of thiophene rings is 1. The number of hydrogen-bond acceptors (Lipinski definition) is 7. The highest BCUT2D eigenvalue weighted by molar-refractivity contribution is 7.89. The van der Waals surface area contributed by atoms with Gasteiger partial charge in [-0.25, -0.2) is 13.2 Å². The van der Waals surface area contributed by atoms with Gasteiger partial charge in [-0.2, -0.15) is 4.31 Å². The van der Waals surface area contributed by atoms with Crippen molar-refractivity contribution in [3.05, 3.63) is 21.9 Å². The van der Waals surface area contributed by atoms with Crippen molar-refractivity contribution in [1.29, 1.82) is 0 Å². The lowest BCUT2D eigenvalue weighted by Crippen LogP contribution is -2.51. The molecule has 0 bridgehead atoms. The molecule has 2 aliphatic heterocycles. The molecule has 0 aromatic carbocycles. The smallest absolute Gasteiger partial charge is 0.348 e. The van der Waals surface area contributed by atoms with E-state index in [0.717, 1.165) is 11.3 Å². The van der Waals surface area contributed by atoms with E-state index < -0.39 is 21.2 Å². The van der Waals surface area contributed by atoms with E-state index in [2.05, 4.69) is 4.74 Å². The quantitative estimate of drug-likeness (QED) is 0.692. The number of amides is 1. The van der Waals surface area contributed by atoms with Crippen molar-refractivity contribution in [1.82, 2.24) is 9.21 Å². The molecule has 2 aliphatic rings. The van der Waals surface area contributed by atoms with Gasteiger partial charge in [0.05, 0.1) is 30.5 Å². The molecule has 26 heavy (non-hydrogen) atoms. The minimum atomic E-state index is -3.46. The standard InChI is InChI=1S/C16H22N2O6S2/c1-23-16(20)14-5-4-13(25-14)15(19)17-6-2-3-12(11-17)26(21,22)18-7-9-24-10-8-18/h4-5,12H,2-3,6-11H2,1H3/t12-/m0/s1. The van der Waals surface area contributed by atoms with E-state index >= 15 is 0 Å². The molecule has 144 valence electrons. The first-order chi connectivity index (χ1) is 12.4. The predicted octanol–water partition coefficient (Wildman–Crippen LogP) is 0.801. The van der Waals surface area contributed by atoms with Crippen LogP contribution in [0.25, 0.3) is 0 Å². The number of carbonyl (C=O) groups excluding carboxylic acids is 2. The molecule has 1 aromatic rings. The third-order valence-corrected chi connectivity index (χ3v) is 7.99. The molecule has 0 N–H and O–H groups in total. The topological polar surface area (TPSA) is 93.2 Å².